The Kier molecular flexibility index (Phi) is 3.14. The Balaban J connectivity index is 2.94. The fraction of sp³-hybridized carbons (Fsp3) is 0.800. The summed E-state index contributed by atoms with van der Waals surface area (Å²) in [6, 6.07) is 0. The van der Waals surface area contributed by atoms with Gasteiger partial charge in [0.25, 0.3) is 0 Å². The van der Waals surface area contributed by atoms with Crippen molar-refractivity contribution in [2.75, 3.05) is 0 Å². The average molecular weight is 213 g/mol. The predicted molar refractivity (Wildman–Crippen MR) is 60.8 cm³/mol. The Labute approximate surface area is 90.5 Å². The molecular weight excluding hydrogens is 194 g/mol. The topological polar surface area (TPSA) is 33.6 Å². The van der Waals surface area contributed by atoms with Gasteiger partial charge in [0.2, 0.25) is 0 Å². The standard InChI is InChI=1S/C10H19N3S/c1-7(2)10(4,5)6-13-8(3)11-12-9(13)14/h7H,6H2,1-5H3,(H,12,14). The molecule has 0 spiro atoms. The highest BCUT2D eigenvalue weighted by Crippen LogP contribution is 2.28. The summed E-state index contributed by atoms with van der Waals surface area (Å²) in [5.74, 6) is 1.59. The Hall–Kier alpha value is -0.640. The van der Waals surface area contributed by atoms with Gasteiger partial charge >= 0.3 is 0 Å². The largest absolute Gasteiger partial charge is 0.304 e. The van der Waals surface area contributed by atoms with Gasteiger partial charge in [-0.15, -0.1) is 0 Å². The molecular formula is C10H19N3S. The van der Waals surface area contributed by atoms with Crippen molar-refractivity contribution in [1.82, 2.24) is 14.8 Å². The van der Waals surface area contributed by atoms with Crippen LogP contribution in [0.5, 0.6) is 0 Å². The number of aromatic nitrogens is 3. The summed E-state index contributed by atoms with van der Waals surface area (Å²) in [4.78, 5) is 0. The van der Waals surface area contributed by atoms with Gasteiger partial charge in [-0.3, -0.25) is 5.10 Å². The van der Waals surface area contributed by atoms with Gasteiger partial charge in [-0.2, -0.15) is 5.10 Å². The molecule has 1 heterocycles. The molecule has 1 aromatic rings. The number of hydrogen-bond acceptors (Lipinski definition) is 2. The first-order chi connectivity index (χ1) is 6.34. The van der Waals surface area contributed by atoms with Crippen molar-refractivity contribution in [1.29, 1.82) is 0 Å². The molecule has 1 rings (SSSR count). The van der Waals surface area contributed by atoms with E-state index in [0.717, 1.165) is 17.1 Å². The summed E-state index contributed by atoms with van der Waals surface area (Å²) in [6.45, 7) is 11.9. The molecule has 0 radical (unpaired) electrons. The second kappa shape index (κ2) is 3.85. The van der Waals surface area contributed by atoms with Crippen LogP contribution in [0.25, 0.3) is 0 Å². The minimum atomic E-state index is 0.243. The van der Waals surface area contributed by atoms with E-state index in [2.05, 4.69) is 42.5 Å². The fourth-order valence-corrected chi connectivity index (χ4v) is 1.42. The van der Waals surface area contributed by atoms with Crippen molar-refractivity contribution < 1.29 is 0 Å². The quantitative estimate of drug-likeness (QED) is 0.783. The molecule has 0 bridgehead atoms. The van der Waals surface area contributed by atoms with Crippen LogP contribution in [0.4, 0.5) is 0 Å². The SMILES string of the molecule is Cc1n[nH]c(=S)n1CC(C)(C)C(C)C. The summed E-state index contributed by atoms with van der Waals surface area (Å²) >= 11 is 5.17. The number of aryl methyl sites for hydroxylation is 1. The van der Waals surface area contributed by atoms with Crippen LogP contribution in [0.15, 0.2) is 0 Å². The van der Waals surface area contributed by atoms with E-state index in [1.54, 1.807) is 0 Å². The molecule has 0 saturated heterocycles. The third-order valence-corrected chi connectivity index (χ3v) is 3.39. The van der Waals surface area contributed by atoms with Crippen molar-refractivity contribution >= 4 is 12.2 Å². The molecule has 0 aromatic carbocycles. The van der Waals surface area contributed by atoms with Gasteiger partial charge in [0, 0.05) is 6.54 Å². The number of hydrogen-bond donors (Lipinski definition) is 1. The van der Waals surface area contributed by atoms with Gasteiger partial charge in [0.1, 0.15) is 5.82 Å². The molecule has 0 fully saturated rings. The van der Waals surface area contributed by atoms with Crippen molar-refractivity contribution in [2.24, 2.45) is 11.3 Å². The third-order valence-electron chi connectivity index (χ3n) is 3.08. The number of H-pyrrole nitrogens is 1. The monoisotopic (exact) mass is 213 g/mol. The highest BCUT2D eigenvalue weighted by Gasteiger charge is 2.23. The minimum absolute atomic E-state index is 0.243. The van der Waals surface area contributed by atoms with Gasteiger partial charge < -0.3 is 4.57 Å². The number of aromatic amines is 1. The molecule has 0 amide bonds. The van der Waals surface area contributed by atoms with Crippen LogP contribution in [0.2, 0.25) is 0 Å². The zero-order valence-corrected chi connectivity index (χ0v) is 10.4. The first-order valence-corrected chi connectivity index (χ1v) is 5.37. The Morgan fingerprint density at radius 2 is 2.07 bits per heavy atom. The van der Waals surface area contributed by atoms with Crippen LogP contribution in [0.1, 0.15) is 33.5 Å². The Morgan fingerprint density at radius 3 is 2.43 bits per heavy atom. The lowest BCUT2D eigenvalue weighted by molar-refractivity contribution is 0.207. The van der Waals surface area contributed by atoms with E-state index in [0.29, 0.717) is 5.92 Å². The van der Waals surface area contributed by atoms with Crippen molar-refractivity contribution in [3.8, 4) is 0 Å². The number of rotatable bonds is 3. The van der Waals surface area contributed by atoms with Gasteiger partial charge in [-0.05, 0) is 30.5 Å². The second-order valence-corrected chi connectivity index (χ2v) is 5.19. The smallest absolute Gasteiger partial charge is 0.195 e. The molecule has 1 N–H and O–H groups in total. The molecule has 80 valence electrons. The van der Waals surface area contributed by atoms with Crippen LogP contribution < -0.4 is 0 Å². The molecule has 14 heavy (non-hydrogen) atoms. The molecule has 3 nitrogen and oxygen atoms in total. The maximum atomic E-state index is 5.17. The fourth-order valence-electron chi connectivity index (χ4n) is 1.17. The average Bonchev–Trinajstić information content (AvgIpc) is 2.35. The molecule has 0 saturated carbocycles. The summed E-state index contributed by atoms with van der Waals surface area (Å²) in [7, 11) is 0. The van der Waals surface area contributed by atoms with Gasteiger partial charge in [0.15, 0.2) is 4.77 Å². The van der Waals surface area contributed by atoms with Crippen LogP contribution in [0, 0.1) is 23.0 Å². The predicted octanol–water partition coefficient (Wildman–Crippen LogP) is 2.93. The summed E-state index contributed by atoms with van der Waals surface area (Å²) in [6.07, 6.45) is 0. The zero-order chi connectivity index (χ0) is 10.9. The number of nitrogens with zero attached hydrogens (tertiary/aromatic N) is 2. The Morgan fingerprint density at radius 1 is 1.50 bits per heavy atom. The number of nitrogens with one attached hydrogen (secondary N) is 1. The van der Waals surface area contributed by atoms with E-state index < -0.39 is 0 Å². The lowest BCUT2D eigenvalue weighted by Gasteiger charge is -2.29. The molecule has 0 aliphatic heterocycles. The molecule has 0 unspecified atom stereocenters. The zero-order valence-electron chi connectivity index (χ0n) is 9.59. The summed E-state index contributed by atoms with van der Waals surface area (Å²) in [5, 5.41) is 6.92. The molecule has 0 aliphatic rings. The lowest BCUT2D eigenvalue weighted by Crippen LogP contribution is -2.26. The summed E-state index contributed by atoms with van der Waals surface area (Å²) < 4.78 is 2.78. The second-order valence-electron chi connectivity index (χ2n) is 4.81. The van der Waals surface area contributed by atoms with Gasteiger partial charge in [-0.25, -0.2) is 0 Å². The Bertz CT molecular complexity index is 360. The maximum absolute atomic E-state index is 5.17. The summed E-state index contributed by atoms with van der Waals surface area (Å²) in [5.41, 5.74) is 0.243. The van der Waals surface area contributed by atoms with E-state index in [1.807, 2.05) is 6.92 Å². The van der Waals surface area contributed by atoms with Crippen LogP contribution in [-0.2, 0) is 6.54 Å². The third kappa shape index (κ3) is 2.23. The minimum Gasteiger partial charge on any atom is -0.304 e. The highest BCUT2D eigenvalue weighted by atomic mass is 32.1. The van der Waals surface area contributed by atoms with E-state index in [1.165, 1.54) is 0 Å². The maximum Gasteiger partial charge on any atom is 0.195 e. The normalized spacial score (nSPS) is 12.4. The van der Waals surface area contributed by atoms with E-state index in [4.69, 9.17) is 12.2 Å². The first-order valence-electron chi connectivity index (χ1n) is 4.96. The molecule has 0 aliphatic carbocycles. The van der Waals surface area contributed by atoms with Crippen molar-refractivity contribution in [3.63, 3.8) is 0 Å². The highest BCUT2D eigenvalue weighted by molar-refractivity contribution is 7.71. The first kappa shape index (κ1) is 11.4. The van der Waals surface area contributed by atoms with Gasteiger partial charge in [0.05, 0.1) is 0 Å². The van der Waals surface area contributed by atoms with Gasteiger partial charge in [-0.1, -0.05) is 27.7 Å². The van der Waals surface area contributed by atoms with Crippen molar-refractivity contribution in [3.05, 3.63) is 10.6 Å². The van der Waals surface area contributed by atoms with E-state index >= 15 is 0 Å². The molecule has 4 heteroatoms. The van der Waals surface area contributed by atoms with Crippen LogP contribution >= 0.6 is 12.2 Å². The molecule has 0 atom stereocenters. The van der Waals surface area contributed by atoms with Crippen LogP contribution in [0.3, 0.4) is 0 Å². The van der Waals surface area contributed by atoms with E-state index in [9.17, 15) is 0 Å². The van der Waals surface area contributed by atoms with Crippen molar-refractivity contribution in [2.45, 2.75) is 41.2 Å². The lowest BCUT2D eigenvalue weighted by atomic mass is 9.81. The van der Waals surface area contributed by atoms with Crippen LogP contribution in [-0.4, -0.2) is 14.8 Å². The van der Waals surface area contributed by atoms with E-state index in [-0.39, 0.29) is 5.41 Å². The molecule has 1 aromatic heterocycles.